The molecular formula is C25H39NO6. The third-order valence-electron chi connectivity index (χ3n) is 6.37. The largest absolute Gasteiger partial charge is 0.387 e. The van der Waals surface area contributed by atoms with Crippen LogP contribution in [-0.4, -0.2) is 64.6 Å². The molecule has 3 rings (SSSR count). The van der Waals surface area contributed by atoms with Crippen molar-refractivity contribution in [1.82, 2.24) is 5.32 Å². The Morgan fingerprint density at radius 1 is 1.28 bits per heavy atom. The first-order valence-electron chi connectivity index (χ1n) is 11.7. The van der Waals surface area contributed by atoms with Gasteiger partial charge in [0.05, 0.1) is 24.9 Å². The summed E-state index contributed by atoms with van der Waals surface area (Å²) in [4.78, 5) is 12.0. The van der Waals surface area contributed by atoms with Crippen LogP contribution in [0.25, 0.3) is 0 Å². The van der Waals surface area contributed by atoms with Crippen LogP contribution in [0.1, 0.15) is 60.3 Å². The number of carbonyl (C=O) groups excluding carboxylic acids is 1. The minimum absolute atomic E-state index is 0.0234. The molecule has 3 heterocycles. The van der Waals surface area contributed by atoms with Gasteiger partial charge in [-0.2, -0.15) is 0 Å². The van der Waals surface area contributed by atoms with Gasteiger partial charge in [-0.15, -0.1) is 0 Å². The van der Waals surface area contributed by atoms with Gasteiger partial charge in [0.1, 0.15) is 17.8 Å². The highest BCUT2D eigenvalue weighted by atomic mass is 16.7. The lowest BCUT2D eigenvalue weighted by Gasteiger charge is -2.40. The molecule has 7 heteroatoms. The number of carbonyl (C=O) groups is 1. The van der Waals surface area contributed by atoms with E-state index in [1.54, 1.807) is 19.1 Å². The van der Waals surface area contributed by atoms with Gasteiger partial charge in [0, 0.05) is 6.42 Å². The van der Waals surface area contributed by atoms with E-state index in [0.29, 0.717) is 12.5 Å². The fraction of sp³-hybridized carbons (Fsp3) is 0.720. The molecule has 180 valence electrons. The maximum Gasteiger partial charge on any atom is 0.243 e. The molecule has 32 heavy (non-hydrogen) atoms. The Hall–Kier alpha value is -1.51. The summed E-state index contributed by atoms with van der Waals surface area (Å²) in [5.74, 6) is -1.04. The van der Waals surface area contributed by atoms with E-state index in [9.17, 15) is 15.0 Å². The van der Waals surface area contributed by atoms with Crippen molar-refractivity contribution in [2.24, 2.45) is 5.92 Å². The zero-order valence-electron chi connectivity index (χ0n) is 19.9. The summed E-state index contributed by atoms with van der Waals surface area (Å²) in [5, 5.41) is 23.9. The summed E-state index contributed by atoms with van der Waals surface area (Å²) in [6.07, 6.45) is 10.7. The van der Waals surface area contributed by atoms with Crippen LogP contribution in [-0.2, 0) is 19.0 Å². The van der Waals surface area contributed by atoms with Gasteiger partial charge in [0.25, 0.3) is 0 Å². The van der Waals surface area contributed by atoms with Crippen molar-refractivity contribution in [2.45, 2.75) is 102 Å². The predicted octanol–water partition coefficient (Wildman–Crippen LogP) is 2.77. The monoisotopic (exact) mass is 449 g/mol. The average Bonchev–Trinajstić information content (AvgIpc) is 3.47. The highest BCUT2D eigenvalue weighted by Crippen LogP contribution is 2.45. The highest BCUT2D eigenvalue weighted by molar-refractivity contribution is 5.87. The van der Waals surface area contributed by atoms with E-state index in [-0.39, 0.29) is 30.6 Å². The second-order valence-electron chi connectivity index (χ2n) is 10.0. The molecule has 0 aromatic heterocycles. The van der Waals surface area contributed by atoms with Crippen molar-refractivity contribution < 1.29 is 29.2 Å². The molecule has 7 nitrogen and oxygen atoms in total. The van der Waals surface area contributed by atoms with E-state index in [1.807, 2.05) is 39.8 Å². The summed E-state index contributed by atoms with van der Waals surface area (Å²) < 4.78 is 17.2. The molecule has 0 unspecified atom stereocenters. The van der Waals surface area contributed by atoms with Crippen LogP contribution >= 0.6 is 0 Å². The molecule has 0 saturated carbocycles. The van der Waals surface area contributed by atoms with Gasteiger partial charge >= 0.3 is 0 Å². The van der Waals surface area contributed by atoms with Crippen LogP contribution in [0, 0.1) is 5.92 Å². The molecule has 3 saturated heterocycles. The second-order valence-corrected chi connectivity index (χ2v) is 10.0. The van der Waals surface area contributed by atoms with E-state index in [2.05, 4.69) is 11.4 Å². The Bertz CT molecular complexity index is 752. The van der Waals surface area contributed by atoms with Gasteiger partial charge in [-0.25, -0.2) is 0 Å². The van der Waals surface area contributed by atoms with Crippen LogP contribution in [0.5, 0.6) is 0 Å². The van der Waals surface area contributed by atoms with E-state index >= 15 is 0 Å². The van der Waals surface area contributed by atoms with Gasteiger partial charge in [0.15, 0.2) is 5.79 Å². The van der Waals surface area contributed by atoms with E-state index in [4.69, 9.17) is 14.2 Å². The van der Waals surface area contributed by atoms with E-state index < -0.39 is 23.6 Å². The molecule has 3 fully saturated rings. The van der Waals surface area contributed by atoms with Crippen LogP contribution in [0.3, 0.4) is 0 Å². The maximum atomic E-state index is 12.0. The Balaban J connectivity index is 1.47. The first-order valence-corrected chi connectivity index (χ1v) is 11.7. The zero-order chi connectivity index (χ0) is 23.5. The van der Waals surface area contributed by atoms with E-state index in [1.165, 1.54) is 0 Å². The van der Waals surface area contributed by atoms with Crippen molar-refractivity contribution in [2.75, 3.05) is 6.61 Å². The molecule has 1 spiro atoms. The fourth-order valence-corrected chi connectivity index (χ4v) is 4.44. The number of aliphatic hydroxyl groups excluding tert-OH is 1. The van der Waals surface area contributed by atoms with Gasteiger partial charge in [-0.1, -0.05) is 43.7 Å². The third kappa shape index (κ3) is 6.75. The van der Waals surface area contributed by atoms with Crippen molar-refractivity contribution in [3.63, 3.8) is 0 Å². The molecule has 3 N–H and O–H groups in total. The molecule has 0 radical (unpaired) electrons. The summed E-state index contributed by atoms with van der Waals surface area (Å²) >= 11 is 0. The summed E-state index contributed by atoms with van der Waals surface area (Å²) in [7, 11) is 0. The SMILES string of the molecule is CC(/C=C/[C@H]1O[C@](C)(O)C[C@@]2(CO2)[C@@H]1O)=C\C[C@H]1CC[C@@H](NC(=O)/C=C\C(C)C)[C@@H](C)O1. The number of hydrogen-bond acceptors (Lipinski definition) is 6. The number of amides is 1. The van der Waals surface area contributed by atoms with Crippen LogP contribution in [0.15, 0.2) is 36.0 Å². The lowest BCUT2D eigenvalue weighted by atomic mass is 9.87. The van der Waals surface area contributed by atoms with Gasteiger partial charge in [0.2, 0.25) is 5.91 Å². The Labute approximate surface area is 191 Å². The molecule has 0 aromatic carbocycles. The first-order chi connectivity index (χ1) is 15.0. The molecular weight excluding hydrogens is 410 g/mol. The standard InChI is InChI=1S/C25H39NO6/c1-16(2)6-13-22(27)26-20-11-10-19(31-18(20)4)9-7-17(3)8-12-21-23(28)25(15-30-25)14-24(5,29)32-21/h6-8,12-13,16,18-21,23,28-29H,9-11,14-15H2,1-5H3,(H,26,27)/b12-8+,13-6-,17-7+/t18-,19+,20-,21-,23-,24+,25-/m1/s1. The smallest absolute Gasteiger partial charge is 0.243 e. The Morgan fingerprint density at radius 3 is 2.62 bits per heavy atom. The lowest BCUT2D eigenvalue weighted by Crippen LogP contribution is -2.54. The van der Waals surface area contributed by atoms with Crippen molar-refractivity contribution in [3.8, 4) is 0 Å². The average molecular weight is 450 g/mol. The van der Waals surface area contributed by atoms with Crippen LogP contribution in [0.2, 0.25) is 0 Å². The number of allylic oxidation sites excluding steroid dienone is 3. The highest BCUT2D eigenvalue weighted by Gasteiger charge is 2.61. The fourth-order valence-electron chi connectivity index (χ4n) is 4.44. The zero-order valence-corrected chi connectivity index (χ0v) is 19.9. The summed E-state index contributed by atoms with van der Waals surface area (Å²) in [6, 6.07) is 0.0234. The molecule has 0 bridgehead atoms. The number of hydrogen-bond donors (Lipinski definition) is 3. The number of ether oxygens (including phenoxy) is 3. The molecule has 0 aliphatic carbocycles. The molecule has 1 amide bonds. The number of rotatable bonds is 7. The van der Waals surface area contributed by atoms with Crippen molar-refractivity contribution in [3.05, 3.63) is 36.0 Å². The van der Waals surface area contributed by atoms with E-state index in [0.717, 1.165) is 24.8 Å². The van der Waals surface area contributed by atoms with Gasteiger partial charge in [-0.05, 0) is 52.0 Å². The minimum atomic E-state index is -1.31. The Kier molecular flexibility index (Phi) is 7.99. The van der Waals surface area contributed by atoms with Crippen molar-refractivity contribution >= 4 is 5.91 Å². The van der Waals surface area contributed by atoms with Gasteiger partial charge in [-0.3, -0.25) is 4.79 Å². The topological polar surface area (TPSA) is 101 Å². The third-order valence-corrected chi connectivity index (χ3v) is 6.37. The van der Waals surface area contributed by atoms with Gasteiger partial charge < -0.3 is 29.7 Å². The summed E-state index contributed by atoms with van der Waals surface area (Å²) in [6.45, 7) is 10.1. The minimum Gasteiger partial charge on any atom is -0.387 e. The molecule has 3 aliphatic rings. The predicted molar refractivity (Wildman–Crippen MR) is 122 cm³/mol. The quantitative estimate of drug-likeness (QED) is 0.314. The molecule has 0 aromatic rings. The maximum absolute atomic E-state index is 12.0. The first kappa shape index (κ1) is 25.1. The number of aliphatic hydroxyl groups is 2. The van der Waals surface area contributed by atoms with Crippen LogP contribution < -0.4 is 5.32 Å². The number of nitrogens with one attached hydrogen (secondary N) is 1. The lowest BCUT2D eigenvalue weighted by molar-refractivity contribution is -0.272. The van der Waals surface area contributed by atoms with Crippen LogP contribution in [0.4, 0.5) is 0 Å². The normalized spacial score (nSPS) is 40.5. The second kappa shape index (κ2) is 10.2. The summed E-state index contributed by atoms with van der Waals surface area (Å²) in [5.41, 5.74) is 0.346. The molecule has 3 aliphatic heterocycles. The Morgan fingerprint density at radius 2 is 2.00 bits per heavy atom. The van der Waals surface area contributed by atoms with Crippen molar-refractivity contribution in [1.29, 1.82) is 0 Å². The number of epoxide rings is 1. The molecule has 7 atom stereocenters.